The third kappa shape index (κ3) is 2.55. The molecule has 2 aliphatic rings. The number of carbonyl (C=O) groups is 1. The monoisotopic (exact) mass is 395 g/mol. The predicted molar refractivity (Wildman–Crippen MR) is 108 cm³/mol. The van der Waals surface area contributed by atoms with Gasteiger partial charge in [0.1, 0.15) is 6.54 Å². The number of nitrogens with two attached hydrogens (primary N) is 1. The Morgan fingerprint density at radius 3 is 2.69 bits per heavy atom. The summed E-state index contributed by atoms with van der Waals surface area (Å²) in [6.07, 6.45) is 3.61. The molecule has 1 atom stereocenters. The molecule has 4 rings (SSSR count). The average Bonchev–Trinajstić information content (AvgIpc) is 2.86. The van der Waals surface area contributed by atoms with Crippen molar-refractivity contribution in [3.8, 4) is 11.5 Å². The van der Waals surface area contributed by atoms with Gasteiger partial charge < -0.3 is 20.1 Å². The van der Waals surface area contributed by atoms with E-state index in [-0.39, 0.29) is 18.0 Å². The lowest BCUT2D eigenvalue weighted by atomic mass is 9.76. The van der Waals surface area contributed by atoms with E-state index < -0.39 is 22.0 Å². The van der Waals surface area contributed by atoms with Crippen molar-refractivity contribution in [3.63, 3.8) is 0 Å². The van der Waals surface area contributed by atoms with Gasteiger partial charge in [-0.1, -0.05) is 18.2 Å². The number of amides is 1. The van der Waals surface area contributed by atoms with E-state index >= 15 is 0 Å². The Bertz CT molecular complexity index is 1060. The van der Waals surface area contributed by atoms with E-state index in [1.165, 1.54) is 19.2 Å². The average molecular weight is 395 g/mol. The largest absolute Gasteiger partial charge is 0.493 e. The first-order valence-corrected chi connectivity index (χ1v) is 9.11. The van der Waals surface area contributed by atoms with E-state index in [0.717, 1.165) is 11.3 Å². The molecule has 2 aliphatic heterocycles. The van der Waals surface area contributed by atoms with Crippen LogP contribution in [0.3, 0.4) is 0 Å². The number of benzene rings is 2. The number of fused-ring (bicyclic) bond motifs is 2. The molecular weight excluding hydrogens is 374 g/mol. The van der Waals surface area contributed by atoms with Gasteiger partial charge in [-0.15, -0.1) is 0 Å². The Hall–Kier alpha value is -3.55. The third-order valence-corrected chi connectivity index (χ3v) is 5.72. The first-order chi connectivity index (χ1) is 13.7. The van der Waals surface area contributed by atoms with E-state index in [9.17, 15) is 14.9 Å². The number of hydrogen-bond donors (Lipinski definition) is 1. The van der Waals surface area contributed by atoms with Crippen LogP contribution in [-0.2, 0) is 10.2 Å². The van der Waals surface area contributed by atoms with Crippen LogP contribution in [0.4, 0.5) is 11.4 Å². The van der Waals surface area contributed by atoms with Gasteiger partial charge in [0, 0.05) is 17.3 Å². The molecule has 150 valence electrons. The van der Waals surface area contributed by atoms with Crippen LogP contribution < -0.4 is 20.1 Å². The molecule has 2 N–H and O–H groups in total. The number of primary amides is 1. The number of carbonyl (C=O) groups excluding carboxylic acids is 1. The number of nitro benzene ring substituents is 1. The summed E-state index contributed by atoms with van der Waals surface area (Å²) < 4.78 is 11.9. The summed E-state index contributed by atoms with van der Waals surface area (Å²) in [4.78, 5) is 24.5. The van der Waals surface area contributed by atoms with Gasteiger partial charge in [-0.2, -0.15) is 0 Å². The number of anilines is 1. The van der Waals surface area contributed by atoms with Crippen molar-refractivity contribution in [1.82, 2.24) is 0 Å². The number of non-ortho nitro benzene ring substituents is 1. The fraction of sp³-hybridized carbons (Fsp3) is 0.286. The van der Waals surface area contributed by atoms with Gasteiger partial charge in [0.15, 0.2) is 11.5 Å². The van der Waals surface area contributed by atoms with E-state index in [1.807, 2.05) is 49.1 Å². The minimum absolute atomic E-state index is 0.0462. The maximum absolute atomic E-state index is 11.9. The topological polar surface area (TPSA) is 108 Å². The molecule has 0 saturated carbocycles. The van der Waals surface area contributed by atoms with E-state index in [0.29, 0.717) is 11.3 Å². The molecule has 0 fully saturated rings. The fourth-order valence-corrected chi connectivity index (χ4v) is 4.28. The van der Waals surface area contributed by atoms with Crippen LogP contribution in [0.25, 0.3) is 6.08 Å². The highest BCUT2D eigenvalue weighted by molar-refractivity contribution is 5.84. The molecule has 8 heteroatoms. The number of nitro groups is 1. The van der Waals surface area contributed by atoms with E-state index in [2.05, 4.69) is 0 Å². The zero-order valence-corrected chi connectivity index (χ0v) is 16.3. The first kappa shape index (κ1) is 18.8. The Morgan fingerprint density at radius 1 is 1.31 bits per heavy atom. The van der Waals surface area contributed by atoms with Gasteiger partial charge in [-0.3, -0.25) is 14.9 Å². The number of hydrogen-bond acceptors (Lipinski definition) is 6. The maximum atomic E-state index is 11.9. The molecular formula is C21H21N3O5. The quantitative estimate of drug-likeness (QED) is 0.630. The summed E-state index contributed by atoms with van der Waals surface area (Å²) in [5.41, 5.74) is 6.25. The summed E-state index contributed by atoms with van der Waals surface area (Å²) >= 11 is 0. The van der Waals surface area contributed by atoms with Crippen LogP contribution in [0, 0.1) is 10.1 Å². The number of nitrogens with zero attached hydrogens (tertiary/aromatic N) is 2. The van der Waals surface area contributed by atoms with Gasteiger partial charge in [-0.05, 0) is 37.6 Å². The highest BCUT2D eigenvalue weighted by Gasteiger charge is 2.59. The SMILES string of the molecule is COc1cc([N+](=O)[O-])cc2c1OC1(C=C2)N(CC(N)=O)c2ccccc2C1(C)C. The van der Waals surface area contributed by atoms with Crippen molar-refractivity contribution in [2.45, 2.75) is 25.0 Å². The molecule has 2 heterocycles. The van der Waals surface area contributed by atoms with Gasteiger partial charge in [0.2, 0.25) is 11.6 Å². The lowest BCUT2D eigenvalue weighted by Crippen LogP contribution is -2.61. The molecule has 0 bridgehead atoms. The van der Waals surface area contributed by atoms with Crippen LogP contribution in [0.2, 0.25) is 0 Å². The van der Waals surface area contributed by atoms with Gasteiger partial charge in [0.05, 0.1) is 23.5 Å². The van der Waals surface area contributed by atoms with Gasteiger partial charge in [-0.25, -0.2) is 0 Å². The first-order valence-electron chi connectivity index (χ1n) is 9.11. The van der Waals surface area contributed by atoms with Crippen molar-refractivity contribution in [1.29, 1.82) is 0 Å². The molecule has 0 aromatic heterocycles. The zero-order valence-electron chi connectivity index (χ0n) is 16.3. The smallest absolute Gasteiger partial charge is 0.274 e. The van der Waals surface area contributed by atoms with Crippen LogP contribution >= 0.6 is 0 Å². The maximum Gasteiger partial charge on any atom is 0.274 e. The highest BCUT2D eigenvalue weighted by atomic mass is 16.6. The highest BCUT2D eigenvalue weighted by Crippen LogP contribution is 2.56. The normalized spacial score (nSPS) is 20.7. The standard InChI is InChI=1S/C21H21N3O5/c1-20(2)15-6-4-5-7-16(15)23(12-18(22)25)21(20)9-8-13-10-14(24(26)27)11-17(28-3)19(13)29-21/h4-11H,12H2,1-3H3,(H2,22,25). The molecule has 2 aromatic carbocycles. The third-order valence-electron chi connectivity index (χ3n) is 5.72. The number of rotatable bonds is 4. The zero-order chi connectivity index (χ0) is 21.0. The molecule has 2 aromatic rings. The summed E-state index contributed by atoms with van der Waals surface area (Å²) in [5, 5.41) is 11.3. The van der Waals surface area contributed by atoms with Crippen molar-refractivity contribution in [2.75, 3.05) is 18.6 Å². The Balaban J connectivity index is 1.92. The van der Waals surface area contributed by atoms with Crippen LogP contribution in [0.1, 0.15) is 25.0 Å². The van der Waals surface area contributed by atoms with E-state index in [1.54, 1.807) is 6.08 Å². The Morgan fingerprint density at radius 2 is 2.03 bits per heavy atom. The number of ether oxygens (including phenoxy) is 2. The molecule has 0 saturated heterocycles. The summed E-state index contributed by atoms with van der Waals surface area (Å²) in [6, 6.07) is 10.5. The summed E-state index contributed by atoms with van der Waals surface area (Å²) in [6.45, 7) is 4.01. The number of para-hydroxylation sites is 1. The molecule has 29 heavy (non-hydrogen) atoms. The Labute approximate surface area is 167 Å². The van der Waals surface area contributed by atoms with Crippen molar-refractivity contribution in [2.24, 2.45) is 5.73 Å². The fourth-order valence-electron chi connectivity index (χ4n) is 4.28. The molecule has 1 unspecified atom stereocenters. The van der Waals surface area contributed by atoms with Crippen molar-refractivity contribution in [3.05, 3.63) is 63.7 Å². The van der Waals surface area contributed by atoms with Gasteiger partial charge in [0.25, 0.3) is 5.69 Å². The number of methoxy groups -OCH3 is 1. The van der Waals surface area contributed by atoms with E-state index in [4.69, 9.17) is 15.2 Å². The second-order valence-electron chi connectivity index (χ2n) is 7.65. The molecule has 1 amide bonds. The van der Waals surface area contributed by atoms with Crippen molar-refractivity contribution >= 4 is 23.4 Å². The second kappa shape index (κ2) is 6.23. The molecule has 1 spiro atoms. The minimum atomic E-state index is -1.05. The molecule has 8 nitrogen and oxygen atoms in total. The lowest BCUT2D eigenvalue weighted by Gasteiger charge is -2.46. The second-order valence-corrected chi connectivity index (χ2v) is 7.65. The summed E-state index contributed by atoms with van der Waals surface area (Å²) in [7, 11) is 1.43. The van der Waals surface area contributed by atoms with Crippen LogP contribution in [-0.4, -0.2) is 30.2 Å². The summed E-state index contributed by atoms with van der Waals surface area (Å²) in [5.74, 6) is 0.148. The van der Waals surface area contributed by atoms with Crippen molar-refractivity contribution < 1.29 is 19.2 Å². The Kier molecular flexibility index (Phi) is 4.04. The van der Waals surface area contributed by atoms with Crippen LogP contribution in [0.15, 0.2) is 42.5 Å². The lowest BCUT2D eigenvalue weighted by molar-refractivity contribution is -0.385. The van der Waals surface area contributed by atoms with Crippen LogP contribution in [0.5, 0.6) is 11.5 Å². The molecule has 0 radical (unpaired) electrons. The van der Waals surface area contributed by atoms with Gasteiger partial charge >= 0.3 is 0 Å². The molecule has 0 aliphatic carbocycles. The minimum Gasteiger partial charge on any atom is -0.493 e. The predicted octanol–water partition coefficient (Wildman–Crippen LogP) is 2.99.